The molecule has 134 valence electrons. The molecule has 4 rings (SSSR count). The first-order valence-corrected chi connectivity index (χ1v) is 9.21. The lowest BCUT2D eigenvalue weighted by Gasteiger charge is -2.09. The molecule has 0 spiro atoms. The van der Waals surface area contributed by atoms with Crippen molar-refractivity contribution in [3.8, 4) is 16.9 Å². The Morgan fingerprint density at radius 2 is 1.93 bits per heavy atom. The Morgan fingerprint density at radius 3 is 2.78 bits per heavy atom. The van der Waals surface area contributed by atoms with Crippen LogP contribution in [0.25, 0.3) is 22.1 Å². The van der Waals surface area contributed by atoms with Crippen molar-refractivity contribution >= 4 is 33.9 Å². The molecule has 2 aromatic heterocycles. The second-order valence-electron chi connectivity index (χ2n) is 5.88. The third-order valence-corrected chi connectivity index (χ3v) is 4.65. The number of rotatable bonds is 5. The third-order valence-electron chi connectivity index (χ3n) is 3.97. The van der Waals surface area contributed by atoms with E-state index < -0.39 is 5.63 Å². The van der Waals surface area contributed by atoms with E-state index in [0.29, 0.717) is 17.0 Å². The lowest BCUT2D eigenvalue weighted by atomic mass is 10.1. The van der Waals surface area contributed by atoms with Gasteiger partial charge in [-0.05, 0) is 58.3 Å². The van der Waals surface area contributed by atoms with E-state index in [-0.39, 0.29) is 12.5 Å². The first-order chi connectivity index (χ1) is 13.2. The molecule has 2 heterocycles. The van der Waals surface area contributed by atoms with E-state index >= 15 is 0 Å². The number of ether oxygens (including phenoxy) is 1. The number of nitrogens with one attached hydrogen (secondary N) is 1. The number of carbonyl (C=O) groups is 1. The minimum absolute atomic E-state index is 0.148. The van der Waals surface area contributed by atoms with Gasteiger partial charge in [0.15, 0.2) is 6.61 Å². The Bertz CT molecular complexity index is 1150. The lowest BCUT2D eigenvalue weighted by molar-refractivity contribution is -0.118. The second kappa shape index (κ2) is 7.47. The van der Waals surface area contributed by atoms with Gasteiger partial charge in [-0.1, -0.05) is 12.1 Å². The fourth-order valence-electron chi connectivity index (χ4n) is 2.68. The van der Waals surface area contributed by atoms with Gasteiger partial charge >= 0.3 is 5.63 Å². The predicted octanol–water partition coefficient (Wildman–Crippen LogP) is 4.54. The molecular weight excluding hydrogens is 362 g/mol. The van der Waals surface area contributed by atoms with Crippen molar-refractivity contribution in [2.45, 2.75) is 0 Å². The lowest BCUT2D eigenvalue weighted by Crippen LogP contribution is -2.20. The van der Waals surface area contributed by atoms with Gasteiger partial charge in [-0.25, -0.2) is 4.79 Å². The summed E-state index contributed by atoms with van der Waals surface area (Å²) < 4.78 is 10.6. The average Bonchev–Trinajstić information content (AvgIpc) is 3.21. The van der Waals surface area contributed by atoms with Gasteiger partial charge in [0.25, 0.3) is 5.91 Å². The maximum absolute atomic E-state index is 12.2. The van der Waals surface area contributed by atoms with Gasteiger partial charge in [0.2, 0.25) is 0 Å². The minimum Gasteiger partial charge on any atom is -0.484 e. The first kappa shape index (κ1) is 17.1. The average molecular weight is 377 g/mol. The molecule has 5 nitrogen and oxygen atoms in total. The standard InChI is InChI=1S/C21H15NO4S/c23-20(22-17-3-1-2-15(10-17)16-8-9-27-13-16)12-25-18-6-4-14-5-7-21(24)26-19(14)11-18/h1-11,13H,12H2,(H,22,23). The summed E-state index contributed by atoms with van der Waals surface area (Å²) in [6.45, 7) is -0.148. The number of carbonyl (C=O) groups excluding carboxylic acids is 1. The highest BCUT2D eigenvalue weighted by Crippen LogP contribution is 2.25. The molecule has 1 amide bonds. The molecule has 1 N–H and O–H groups in total. The molecule has 0 radical (unpaired) electrons. The molecular formula is C21H15NO4S. The van der Waals surface area contributed by atoms with Crippen LogP contribution in [0.4, 0.5) is 5.69 Å². The van der Waals surface area contributed by atoms with E-state index in [1.165, 1.54) is 6.07 Å². The van der Waals surface area contributed by atoms with Gasteiger partial charge in [-0.15, -0.1) is 0 Å². The number of thiophene rings is 1. The van der Waals surface area contributed by atoms with E-state index in [1.54, 1.807) is 35.6 Å². The number of hydrogen-bond acceptors (Lipinski definition) is 5. The molecule has 0 unspecified atom stereocenters. The van der Waals surface area contributed by atoms with Crippen molar-refractivity contribution in [3.63, 3.8) is 0 Å². The molecule has 6 heteroatoms. The Labute approximate surface area is 158 Å². The van der Waals surface area contributed by atoms with Gasteiger partial charge in [0, 0.05) is 23.2 Å². The summed E-state index contributed by atoms with van der Waals surface area (Å²) in [6, 6.07) is 17.8. The molecule has 0 fully saturated rings. The van der Waals surface area contributed by atoms with Gasteiger partial charge in [-0.3, -0.25) is 4.79 Å². The van der Waals surface area contributed by atoms with Crippen LogP contribution in [-0.4, -0.2) is 12.5 Å². The third kappa shape index (κ3) is 4.07. The van der Waals surface area contributed by atoms with E-state index in [1.807, 2.05) is 35.7 Å². The summed E-state index contributed by atoms with van der Waals surface area (Å²) in [5, 5.41) is 7.69. The molecule has 0 saturated carbocycles. The fraction of sp³-hybridized carbons (Fsp3) is 0.0476. The zero-order valence-electron chi connectivity index (χ0n) is 14.2. The monoisotopic (exact) mass is 377 g/mol. The summed E-state index contributed by atoms with van der Waals surface area (Å²) in [7, 11) is 0. The molecule has 0 aliphatic rings. The maximum Gasteiger partial charge on any atom is 0.336 e. The largest absolute Gasteiger partial charge is 0.484 e. The topological polar surface area (TPSA) is 68.5 Å². The van der Waals surface area contributed by atoms with Gasteiger partial charge in [-0.2, -0.15) is 11.3 Å². The molecule has 0 aliphatic heterocycles. The summed E-state index contributed by atoms with van der Waals surface area (Å²) in [4.78, 5) is 23.5. The summed E-state index contributed by atoms with van der Waals surface area (Å²) >= 11 is 1.63. The van der Waals surface area contributed by atoms with Crippen molar-refractivity contribution in [3.05, 3.63) is 81.8 Å². The maximum atomic E-state index is 12.2. The van der Waals surface area contributed by atoms with E-state index in [4.69, 9.17) is 9.15 Å². The number of fused-ring (bicyclic) bond motifs is 1. The summed E-state index contributed by atoms with van der Waals surface area (Å²) in [5.41, 5.74) is 2.85. The number of anilines is 1. The second-order valence-corrected chi connectivity index (χ2v) is 6.66. The van der Waals surface area contributed by atoms with Crippen LogP contribution in [0.3, 0.4) is 0 Å². The molecule has 4 aromatic rings. The van der Waals surface area contributed by atoms with Crippen LogP contribution < -0.4 is 15.7 Å². The van der Waals surface area contributed by atoms with Crippen LogP contribution in [-0.2, 0) is 4.79 Å². The normalized spacial score (nSPS) is 10.7. The van der Waals surface area contributed by atoms with Crippen molar-refractivity contribution < 1.29 is 13.9 Å². The van der Waals surface area contributed by atoms with Crippen LogP contribution in [0, 0.1) is 0 Å². The smallest absolute Gasteiger partial charge is 0.336 e. The van der Waals surface area contributed by atoms with E-state index in [2.05, 4.69) is 10.7 Å². The van der Waals surface area contributed by atoms with Gasteiger partial charge in [0.1, 0.15) is 11.3 Å². The Balaban J connectivity index is 1.41. The molecule has 0 saturated heterocycles. The highest BCUT2D eigenvalue weighted by Gasteiger charge is 2.07. The Kier molecular flexibility index (Phi) is 4.72. The van der Waals surface area contributed by atoms with Crippen molar-refractivity contribution in [2.75, 3.05) is 11.9 Å². The van der Waals surface area contributed by atoms with Crippen molar-refractivity contribution in [1.29, 1.82) is 0 Å². The summed E-state index contributed by atoms with van der Waals surface area (Å²) in [6.07, 6.45) is 0. The van der Waals surface area contributed by atoms with Crippen LogP contribution in [0.5, 0.6) is 5.75 Å². The molecule has 0 bridgehead atoms. The van der Waals surface area contributed by atoms with Crippen LogP contribution in [0.2, 0.25) is 0 Å². The number of hydrogen-bond donors (Lipinski definition) is 1. The predicted molar refractivity (Wildman–Crippen MR) is 106 cm³/mol. The molecule has 0 atom stereocenters. The molecule has 0 aliphatic carbocycles. The van der Waals surface area contributed by atoms with Gasteiger partial charge < -0.3 is 14.5 Å². The van der Waals surface area contributed by atoms with Crippen LogP contribution >= 0.6 is 11.3 Å². The number of benzene rings is 2. The SMILES string of the molecule is O=C(COc1ccc2ccc(=O)oc2c1)Nc1cccc(-c2ccsc2)c1. The van der Waals surface area contributed by atoms with Crippen LogP contribution in [0.1, 0.15) is 0 Å². The zero-order valence-corrected chi connectivity index (χ0v) is 15.0. The fourth-order valence-corrected chi connectivity index (χ4v) is 3.35. The minimum atomic E-state index is -0.428. The molecule has 2 aromatic carbocycles. The number of amides is 1. The Hall–Kier alpha value is -3.38. The quantitative estimate of drug-likeness (QED) is 0.519. The zero-order chi connectivity index (χ0) is 18.6. The van der Waals surface area contributed by atoms with Crippen molar-refractivity contribution in [1.82, 2.24) is 0 Å². The van der Waals surface area contributed by atoms with E-state index in [0.717, 1.165) is 16.5 Å². The van der Waals surface area contributed by atoms with Gasteiger partial charge in [0.05, 0.1) is 0 Å². The first-order valence-electron chi connectivity index (χ1n) is 8.27. The highest BCUT2D eigenvalue weighted by atomic mass is 32.1. The molecule has 27 heavy (non-hydrogen) atoms. The van der Waals surface area contributed by atoms with Crippen LogP contribution in [0.15, 0.2) is 80.6 Å². The Morgan fingerprint density at radius 1 is 1.04 bits per heavy atom. The summed E-state index contributed by atoms with van der Waals surface area (Å²) in [5.74, 6) is 0.186. The highest BCUT2D eigenvalue weighted by molar-refractivity contribution is 7.08. The van der Waals surface area contributed by atoms with E-state index in [9.17, 15) is 9.59 Å². The van der Waals surface area contributed by atoms with Crippen molar-refractivity contribution in [2.24, 2.45) is 0 Å².